The molecule has 0 amide bonds. The van der Waals surface area contributed by atoms with Crippen LogP contribution in [0.25, 0.3) is 0 Å². The molecular weight excluding hydrogens is 737 g/mol. The molecule has 0 bridgehead atoms. The van der Waals surface area contributed by atoms with E-state index in [1.54, 1.807) is 0 Å². The quantitative estimate of drug-likeness (QED) is 0.196. The highest BCUT2D eigenvalue weighted by atomic mass is 28.3. The molecule has 0 aromatic carbocycles. The monoisotopic (exact) mass is 796 g/mol. The third-order valence-electron chi connectivity index (χ3n) is 16.9. The average Bonchev–Trinajstić information content (AvgIpc) is 3.54. The molecular formula is C40H60F12Si. The number of rotatable bonds is 4. The summed E-state index contributed by atoms with van der Waals surface area (Å²) in [5, 5.41) is 0. The molecule has 0 aromatic heterocycles. The Morgan fingerprint density at radius 2 is 0.642 bits per heavy atom. The fourth-order valence-corrected chi connectivity index (χ4v) is 22.2. The van der Waals surface area contributed by atoms with Crippen LogP contribution in [0.5, 0.6) is 0 Å². The molecule has 6 rings (SSSR count). The number of hydrogen-bond acceptors (Lipinski definition) is 0. The molecule has 0 saturated heterocycles. The van der Waals surface area contributed by atoms with Crippen LogP contribution in [0.2, 0.25) is 24.2 Å². The van der Waals surface area contributed by atoms with Crippen molar-refractivity contribution in [2.45, 2.75) is 154 Å². The Kier molecular flexibility index (Phi) is 11.4. The minimum Gasteiger partial charge on any atom is -0.171 e. The Balaban J connectivity index is 1.26. The topological polar surface area (TPSA) is 0 Å². The molecule has 308 valence electrons. The number of halogens is 12. The smallest absolute Gasteiger partial charge is 0.171 e. The summed E-state index contributed by atoms with van der Waals surface area (Å²) < 4.78 is 169. The summed E-state index contributed by atoms with van der Waals surface area (Å²) in [7, 11) is -2.28. The van der Waals surface area contributed by atoms with Crippen LogP contribution in [0.1, 0.15) is 105 Å². The number of fused-ring (bicyclic) bond motifs is 2. The van der Waals surface area contributed by atoms with Gasteiger partial charge in [-0.05, 0) is 146 Å². The highest BCUT2D eigenvalue weighted by molar-refractivity contribution is 6.80. The van der Waals surface area contributed by atoms with E-state index in [0.29, 0.717) is 11.1 Å². The number of alkyl halides is 12. The van der Waals surface area contributed by atoms with E-state index < -0.39 is 81.1 Å². The standard InChI is InChI=1S/C40H60F12Si/c1-19-7-9-29-31(33(19)23-13-25(37(41,42)43)17-26(14-23)38(44,45)46)11-21(3)35(29)53(5,6)36-22(4)12-32-30(36)10-8-20(2)34(32)24-15-27(39(47,48)49)18-28(16-24)40(50,51)52/h19-36H,7-18H2,1-6H3. The minimum atomic E-state index is -4.68. The van der Waals surface area contributed by atoms with Crippen molar-refractivity contribution in [3.63, 3.8) is 0 Å². The van der Waals surface area contributed by atoms with Gasteiger partial charge in [-0.25, -0.2) is 0 Å². The van der Waals surface area contributed by atoms with Gasteiger partial charge in [0.2, 0.25) is 0 Å². The Labute approximate surface area is 308 Å². The van der Waals surface area contributed by atoms with Gasteiger partial charge in [0.25, 0.3) is 0 Å². The van der Waals surface area contributed by atoms with Gasteiger partial charge in [0.05, 0.1) is 31.7 Å². The maximum atomic E-state index is 14.1. The van der Waals surface area contributed by atoms with Gasteiger partial charge < -0.3 is 0 Å². The Morgan fingerprint density at radius 3 is 0.906 bits per heavy atom. The Hall–Kier alpha value is -0.623. The van der Waals surface area contributed by atoms with Crippen LogP contribution in [0.3, 0.4) is 0 Å². The Morgan fingerprint density at radius 1 is 0.358 bits per heavy atom. The van der Waals surface area contributed by atoms with Gasteiger partial charge in [0.15, 0.2) is 0 Å². The highest BCUT2D eigenvalue weighted by Crippen LogP contribution is 2.69. The van der Waals surface area contributed by atoms with Crippen molar-refractivity contribution in [3.05, 3.63) is 0 Å². The minimum absolute atomic E-state index is 0.0322. The van der Waals surface area contributed by atoms with Gasteiger partial charge in [-0.15, -0.1) is 0 Å². The van der Waals surface area contributed by atoms with Crippen LogP contribution >= 0.6 is 0 Å². The summed E-state index contributed by atoms with van der Waals surface area (Å²) in [4.78, 5) is 0. The molecule has 0 N–H and O–H groups in total. The average molecular weight is 797 g/mol. The lowest BCUT2D eigenvalue weighted by Gasteiger charge is -2.52. The summed E-state index contributed by atoms with van der Waals surface area (Å²) >= 11 is 0. The van der Waals surface area contributed by atoms with Gasteiger partial charge in [-0.1, -0.05) is 53.6 Å². The van der Waals surface area contributed by atoms with Crippen molar-refractivity contribution in [1.82, 2.24) is 0 Å². The molecule has 6 fully saturated rings. The highest BCUT2D eigenvalue weighted by Gasteiger charge is 2.63. The normalized spacial score (nSPS) is 47.7. The fourth-order valence-electron chi connectivity index (χ4n) is 15.5. The van der Waals surface area contributed by atoms with Crippen molar-refractivity contribution in [2.24, 2.45) is 94.7 Å². The van der Waals surface area contributed by atoms with Crippen molar-refractivity contribution >= 4 is 8.07 Å². The predicted molar refractivity (Wildman–Crippen MR) is 183 cm³/mol. The maximum Gasteiger partial charge on any atom is 0.391 e. The van der Waals surface area contributed by atoms with Crippen molar-refractivity contribution in [1.29, 1.82) is 0 Å². The Bertz CT molecular complexity index is 1130. The van der Waals surface area contributed by atoms with E-state index in [0.717, 1.165) is 38.5 Å². The van der Waals surface area contributed by atoms with Crippen molar-refractivity contribution in [2.75, 3.05) is 0 Å². The third kappa shape index (κ3) is 7.97. The van der Waals surface area contributed by atoms with E-state index in [1.165, 1.54) is 0 Å². The third-order valence-corrected chi connectivity index (χ3v) is 22.3. The van der Waals surface area contributed by atoms with Crippen LogP contribution in [0.15, 0.2) is 0 Å². The molecule has 0 nitrogen and oxygen atoms in total. The molecule has 0 radical (unpaired) electrons. The zero-order valence-corrected chi connectivity index (χ0v) is 32.9. The van der Waals surface area contributed by atoms with Crippen molar-refractivity contribution < 1.29 is 52.7 Å². The second-order valence-electron chi connectivity index (χ2n) is 20.1. The lowest BCUT2D eigenvalue weighted by atomic mass is 9.58. The molecule has 16 unspecified atom stereocenters. The second-order valence-corrected chi connectivity index (χ2v) is 25.1. The van der Waals surface area contributed by atoms with Crippen molar-refractivity contribution in [3.8, 4) is 0 Å². The van der Waals surface area contributed by atoms with Crippen LogP contribution in [0.4, 0.5) is 52.7 Å². The first-order valence-electron chi connectivity index (χ1n) is 20.5. The van der Waals surface area contributed by atoms with E-state index in [2.05, 4.69) is 26.9 Å². The first-order valence-corrected chi connectivity index (χ1v) is 23.6. The van der Waals surface area contributed by atoms with Gasteiger partial charge in [-0.3, -0.25) is 0 Å². The summed E-state index contributed by atoms with van der Waals surface area (Å²) in [6, 6.07) is 0. The SMILES string of the molecule is CC1CCC2C(CC(C)C2[Si](C)(C)C2C(C)CC3C2CCC(C)C3C2CC(C(F)(F)F)CC(C(F)(F)F)C2)C1C1CC(C(F)(F)F)CC(C(F)(F)F)C1. The fraction of sp³-hybridized carbons (Fsp3) is 1.00. The summed E-state index contributed by atoms with van der Waals surface area (Å²) in [6.45, 7) is 13.3. The summed E-state index contributed by atoms with van der Waals surface area (Å²) in [5.41, 5.74) is 0.622. The van der Waals surface area contributed by atoms with E-state index in [1.807, 2.05) is 13.8 Å². The largest absolute Gasteiger partial charge is 0.391 e. The molecule has 0 aromatic rings. The molecule has 0 aliphatic heterocycles. The molecule has 6 saturated carbocycles. The van der Waals surface area contributed by atoms with Crippen LogP contribution in [0, 0.1) is 94.7 Å². The molecule has 6 aliphatic carbocycles. The van der Waals surface area contributed by atoms with E-state index in [-0.39, 0.29) is 84.9 Å². The summed E-state index contributed by atoms with van der Waals surface area (Å²) in [5.74, 6) is -8.41. The van der Waals surface area contributed by atoms with Crippen LogP contribution in [-0.2, 0) is 0 Å². The molecule has 53 heavy (non-hydrogen) atoms. The molecule has 6 aliphatic rings. The van der Waals surface area contributed by atoms with E-state index in [9.17, 15) is 52.7 Å². The van der Waals surface area contributed by atoms with Gasteiger partial charge in [0, 0.05) is 0 Å². The van der Waals surface area contributed by atoms with E-state index >= 15 is 0 Å². The first kappa shape index (κ1) is 42.0. The zero-order valence-electron chi connectivity index (χ0n) is 31.9. The summed E-state index contributed by atoms with van der Waals surface area (Å²) in [6.07, 6.45) is -16.5. The van der Waals surface area contributed by atoms with Gasteiger partial charge in [0.1, 0.15) is 0 Å². The number of hydrogen-bond donors (Lipinski definition) is 0. The first-order chi connectivity index (χ1) is 24.2. The van der Waals surface area contributed by atoms with Crippen LogP contribution in [-0.4, -0.2) is 32.8 Å². The van der Waals surface area contributed by atoms with Gasteiger partial charge in [-0.2, -0.15) is 52.7 Å². The predicted octanol–water partition coefficient (Wildman–Crippen LogP) is 14.4. The van der Waals surface area contributed by atoms with E-state index in [4.69, 9.17) is 0 Å². The van der Waals surface area contributed by atoms with Gasteiger partial charge >= 0.3 is 24.7 Å². The lowest BCUT2D eigenvalue weighted by molar-refractivity contribution is -0.234. The lowest BCUT2D eigenvalue weighted by Crippen LogP contribution is -2.50. The van der Waals surface area contributed by atoms with Crippen LogP contribution < -0.4 is 0 Å². The molecule has 0 spiro atoms. The maximum absolute atomic E-state index is 14.1. The second kappa shape index (κ2) is 14.3. The zero-order chi connectivity index (χ0) is 39.4. The molecule has 16 atom stereocenters. The molecule has 13 heteroatoms. The molecule has 0 heterocycles.